The first-order valence-electron chi connectivity index (χ1n) is 7.28. The molecular formula is C15H26N2OS. The molecule has 1 fully saturated rings. The first-order chi connectivity index (χ1) is 9.11. The number of hydrogen-bond donors (Lipinski definition) is 2. The summed E-state index contributed by atoms with van der Waals surface area (Å²) < 4.78 is 0. The summed E-state index contributed by atoms with van der Waals surface area (Å²) in [6.45, 7) is 6.76. The summed E-state index contributed by atoms with van der Waals surface area (Å²) in [4.78, 5) is 5.27. The highest BCUT2D eigenvalue weighted by atomic mass is 32.1. The van der Waals surface area contributed by atoms with E-state index in [0.717, 1.165) is 19.5 Å². The van der Waals surface area contributed by atoms with Crippen molar-refractivity contribution < 1.29 is 5.11 Å². The first-order valence-corrected chi connectivity index (χ1v) is 8.10. The number of rotatable bonds is 5. The van der Waals surface area contributed by atoms with Crippen LogP contribution >= 0.6 is 11.3 Å². The van der Waals surface area contributed by atoms with Gasteiger partial charge in [-0.05, 0) is 57.7 Å². The summed E-state index contributed by atoms with van der Waals surface area (Å²) in [5.41, 5.74) is 6.24. The molecule has 3 unspecified atom stereocenters. The van der Waals surface area contributed by atoms with Crippen molar-refractivity contribution in [3.05, 3.63) is 21.9 Å². The van der Waals surface area contributed by atoms with Crippen LogP contribution in [-0.2, 0) is 0 Å². The van der Waals surface area contributed by atoms with Crippen molar-refractivity contribution in [1.29, 1.82) is 0 Å². The lowest BCUT2D eigenvalue weighted by Gasteiger charge is -2.39. The third kappa shape index (κ3) is 3.78. The molecule has 108 valence electrons. The van der Waals surface area contributed by atoms with Crippen LogP contribution in [0.1, 0.15) is 42.0 Å². The summed E-state index contributed by atoms with van der Waals surface area (Å²) in [6, 6.07) is 4.89. The van der Waals surface area contributed by atoms with Crippen LogP contribution in [0.15, 0.2) is 12.1 Å². The number of aliphatic hydroxyl groups excluding tert-OH is 1. The summed E-state index contributed by atoms with van der Waals surface area (Å²) in [5.74, 6) is 0.626. The van der Waals surface area contributed by atoms with E-state index in [1.54, 1.807) is 0 Å². The third-order valence-corrected chi connectivity index (χ3v) is 5.10. The van der Waals surface area contributed by atoms with E-state index in [9.17, 15) is 0 Å². The monoisotopic (exact) mass is 282 g/mol. The van der Waals surface area contributed by atoms with Crippen LogP contribution in [-0.4, -0.2) is 35.7 Å². The van der Waals surface area contributed by atoms with E-state index in [4.69, 9.17) is 10.8 Å². The van der Waals surface area contributed by atoms with Crippen LogP contribution < -0.4 is 5.73 Å². The standard InChI is InChI=1S/C15H26N2OS/c1-11-5-6-14(19-11)15(12(2)16)17-8-3-4-13(10-17)7-9-18/h5-6,12-13,15,18H,3-4,7-10,16H2,1-2H3. The molecule has 0 aliphatic carbocycles. The molecule has 1 aromatic heterocycles. The first kappa shape index (κ1) is 15.0. The average molecular weight is 282 g/mol. The predicted octanol–water partition coefficient (Wildman–Crippen LogP) is 2.54. The van der Waals surface area contributed by atoms with Gasteiger partial charge in [0.1, 0.15) is 0 Å². The number of aryl methyl sites for hydroxylation is 1. The van der Waals surface area contributed by atoms with Crippen molar-refractivity contribution in [2.75, 3.05) is 19.7 Å². The molecule has 4 heteroatoms. The lowest BCUT2D eigenvalue weighted by Crippen LogP contribution is -2.44. The Morgan fingerprint density at radius 3 is 2.89 bits per heavy atom. The maximum atomic E-state index is 9.13. The molecule has 2 rings (SSSR count). The van der Waals surface area contributed by atoms with E-state index in [-0.39, 0.29) is 6.04 Å². The molecule has 0 aromatic carbocycles. The van der Waals surface area contributed by atoms with Gasteiger partial charge in [0.15, 0.2) is 0 Å². The number of thiophene rings is 1. The number of piperidine rings is 1. The van der Waals surface area contributed by atoms with Crippen LogP contribution in [0.25, 0.3) is 0 Å². The Bertz CT molecular complexity index is 389. The Morgan fingerprint density at radius 2 is 2.32 bits per heavy atom. The second-order valence-electron chi connectivity index (χ2n) is 5.77. The van der Waals surface area contributed by atoms with E-state index >= 15 is 0 Å². The second-order valence-corrected chi connectivity index (χ2v) is 7.09. The molecule has 1 aliphatic heterocycles. The molecule has 0 radical (unpaired) electrons. The fraction of sp³-hybridized carbons (Fsp3) is 0.733. The molecule has 0 spiro atoms. The lowest BCUT2D eigenvalue weighted by atomic mass is 9.92. The molecule has 19 heavy (non-hydrogen) atoms. The molecule has 0 bridgehead atoms. The number of nitrogens with zero attached hydrogens (tertiary/aromatic N) is 1. The Balaban J connectivity index is 2.10. The Labute approximate surface area is 120 Å². The van der Waals surface area contributed by atoms with E-state index in [1.165, 1.54) is 22.6 Å². The van der Waals surface area contributed by atoms with Crippen LogP contribution in [0, 0.1) is 12.8 Å². The lowest BCUT2D eigenvalue weighted by molar-refractivity contribution is 0.0983. The van der Waals surface area contributed by atoms with E-state index in [1.807, 2.05) is 11.3 Å². The molecule has 3 nitrogen and oxygen atoms in total. The summed E-state index contributed by atoms with van der Waals surface area (Å²) in [6.07, 6.45) is 3.39. The van der Waals surface area contributed by atoms with Crippen molar-refractivity contribution in [3.8, 4) is 0 Å². The maximum absolute atomic E-state index is 9.13. The van der Waals surface area contributed by atoms with Crippen molar-refractivity contribution >= 4 is 11.3 Å². The zero-order valence-corrected chi connectivity index (χ0v) is 12.8. The largest absolute Gasteiger partial charge is 0.396 e. The third-order valence-electron chi connectivity index (χ3n) is 4.03. The van der Waals surface area contributed by atoms with Gasteiger partial charge in [0.2, 0.25) is 0 Å². The average Bonchev–Trinajstić information content (AvgIpc) is 2.76. The fourth-order valence-electron chi connectivity index (χ4n) is 3.15. The molecule has 0 amide bonds. The number of hydrogen-bond acceptors (Lipinski definition) is 4. The predicted molar refractivity (Wildman–Crippen MR) is 81.4 cm³/mol. The highest BCUT2D eigenvalue weighted by Crippen LogP contribution is 2.33. The smallest absolute Gasteiger partial charge is 0.0590 e. The van der Waals surface area contributed by atoms with Gasteiger partial charge in [-0.1, -0.05) is 0 Å². The van der Waals surface area contributed by atoms with Gasteiger partial charge < -0.3 is 10.8 Å². The molecule has 2 heterocycles. The molecular weight excluding hydrogens is 256 g/mol. The van der Waals surface area contributed by atoms with Crippen LogP contribution in [0.5, 0.6) is 0 Å². The van der Waals surface area contributed by atoms with Crippen molar-refractivity contribution in [2.24, 2.45) is 11.7 Å². The second kappa shape index (κ2) is 6.84. The molecule has 1 aliphatic rings. The quantitative estimate of drug-likeness (QED) is 0.872. The van der Waals surface area contributed by atoms with Gasteiger partial charge in [0.05, 0.1) is 6.04 Å². The zero-order chi connectivity index (χ0) is 13.8. The Morgan fingerprint density at radius 1 is 1.53 bits per heavy atom. The molecule has 3 atom stereocenters. The van der Waals surface area contributed by atoms with Gasteiger partial charge in [0, 0.05) is 28.9 Å². The van der Waals surface area contributed by atoms with Gasteiger partial charge in [-0.2, -0.15) is 0 Å². The van der Waals surface area contributed by atoms with Crippen molar-refractivity contribution in [2.45, 2.75) is 45.2 Å². The van der Waals surface area contributed by atoms with Gasteiger partial charge in [0.25, 0.3) is 0 Å². The number of aliphatic hydroxyl groups is 1. The SMILES string of the molecule is Cc1ccc(C(C(C)N)N2CCCC(CCO)C2)s1. The van der Waals surface area contributed by atoms with Gasteiger partial charge >= 0.3 is 0 Å². The summed E-state index contributed by atoms with van der Waals surface area (Å²) in [7, 11) is 0. The van der Waals surface area contributed by atoms with Gasteiger partial charge in [-0.15, -0.1) is 11.3 Å². The maximum Gasteiger partial charge on any atom is 0.0590 e. The van der Waals surface area contributed by atoms with Crippen LogP contribution in [0.3, 0.4) is 0 Å². The minimum absolute atomic E-state index is 0.144. The Hall–Kier alpha value is -0.420. The minimum atomic E-state index is 0.144. The van der Waals surface area contributed by atoms with Crippen molar-refractivity contribution in [3.63, 3.8) is 0 Å². The van der Waals surface area contributed by atoms with Crippen molar-refractivity contribution in [1.82, 2.24) is 4.90 Å². The highest BCUT2D eigenvalue weighted by Gasteiger charge is 2.29. The summed E-state index contributed by atoms with van der Waals surface area (Å²) >= 11 is 1.86. The highest BCUT2D eigenvalue weighted by molar-refractivity contribution is 7.12. The zero-order valence-electron chi connectivity index (χ0n) is 12.0. The number of nitrogens with two attached hydrogens (primary N) is 1. The molecule has 3 N–H and O–H groups in total. The molecule has 1 saturated heterocycles. The Kier molecular flexibility index (Phi) is 5.39. The fourth-order valence-corrected chi connectivity index (χ4v) is 4.28. The van der Waals surface area contributed by atoms with E-state index < -0.39 is 0 Å². The van der Waals surface area contributed by atoms with Gasteiger partial charge in [-0.3, -0.25) is 4.90 Å². The van der Waals surface area contributed by atoms with Crippen LogP contribution in [0.2, 0.25) is 0 Å². The topological polar surface area (TPSA) is 49.5 Å². The van der Waals surface area contributed by atoms with Crippen LogP contribution in [0.4, 0.5) is 0 Å². The van der Waals surface area contributed by atoms with Gasteiger partial charge in [-0.25, -0.2) is 0 Å². The molecule has 1 aromatic rings. The normalized spacial score (nSPS) is 24.3. The number of likely N-dealkylation sites (tertiary alicyclic amines) is 1. The van der Waals surface area contributed by atoms with E-state index in [2.05, 4.69) is 30.9 Å². The molecule has 0 saturated carbocycles. The van der Waals surface area contributed by atoms with E-state index in [0.29, 0.717) is 18.6 Å². The minimum Gasteiger partial charge on any atom is -0.396 e. The summed E-state index contributed by atoms with van der Waals surface area (Å²) in [5, 5.41) is 9.13.